The third kappa shape index (κ3) is 3.53. The van der Waals surface area contributed by atoms with Gasteiger partial charge in [0.25, 0.3) is 0 Å². The number of carbonyl (C=O) groups excluding carboxylic acids is 1. The molecule has 26 heavy (non-hydrogen) atoms. The monoisotopic (exact) mass is 403 g/mol. The molecular formula is C16H13N5O2S3. The highest BCUT2D eigenvalue weighted by Gasteiger charge is 2.15. The van der Waals surface area contributed by atoms with E-state index in [1.54, 1.807) is 11.8 Å². The van der Waals surface area contributed by atoms with Gasteiger partial charge in [0.15, 0.2) is 9.92 Å². The van der Waals surface area contributed by atoms with Gasteiger partial charge in [-0.05, 0) is 17.9 Å². The molecule has 0 atom stereocenters. The molecule has 132 valence electrons. The lowest BCUT2D eigenvalue weighted by Gasteiger charge is -2.01. The molecule has 1 aromatic carbocycles. The van der Waals surface area contributed by atoms with Crippen molar-refractivity contribution in [3.8, 4) is 0 Å². The predicted molar refractivity (Wildman–Crippen MR) is 105 cm³/mol. The molecule has 0 unspecified atom stereocenters. The number of benzene rings is 1. The van der Waals surface area contributed by atoms with E-state index in [0.29, 0.717) is 15.7 Å². The lowest BCUT2D eigenvalue weighted by atomic mass is 10.2. The first-order valence-corrected chi connectivity index (χ1v) is 10.5. The van der Waals surface area contributed by atoms with E-state index in [1.807, 2.05) is 31.2 Å². The number of nitrogens with one attached hydrogen (secondary N) is 1. The van der Waals surface area contributed by atoms with Crippen LogP contribution in [0.3, 0.4) is 0 Å². The molecule has 0 radical (unpaired) electrons. The summed E-state index contributed by atoms with van der Waals surface area (Å²) in [7, 11) is 0. The van der Waals surface area contributed by atoms with Crippen molar-refractivity contribution in [3.05, 3.63) is 30.6 Å². The molecule has 0 aliphatic rings. The van der Waals surface area contributed by atoms with Gasteiger partial charge in [0.1, 0.15) is 22.5 Å². The Labute approximate surface area is 161 Å². The number of thioether (sulfide) groups is 2. The topological polar surface area (TPSA) is 93.8 Å². The maximum absolute atomic E-state index is 12.2. The quantitative estimate of drug-likeness (QED) is 0.292. The maximum atomic E-state index is 12.2. The molecule has 4 rings (SSSR count). The summed E-state index contributed by atoms with van der Waals surface area (Å²) in [5, 5.41) is 12.8. The molecule has 3 aromatic heterocycles. The molecule has 0 bridgehead atoms. The maximum Gasteiger partial charge on any atom is 0.236 e. The van der Waals surface area contributed by atoms with Gasteiger partial charge in [0.2, 0.25) is 11.0 Å². The van der Waals surface area contributed by atoms with E-state index in [4.69, 9.17) is 4.42 Å². The largest absolute Gasteiger partial charge is 0.451 e. The molecule has 4 aromatic rings. The highest BCUT2D eigenvalue weighted by atomic mass is 32.2. The summed E-state index contributed by atoms with van der Waals surface area (Å²) >= 11 is 4.27. The number of aromatic nitrogens is 4. The highest BCUT2D eigenvalue weighted by molar-refractivity contribution is 8.01. The Morgan fingerprint density at radius 3 is 3.00 bits per heavy atom. The van der Waals surface area contributed by atoms with Crippen LogP contribution >= 0.6 is 34.9 Å². The van der Waals surface area contributed by atoms with Crippen molar-refractivity contribution >= 4 is 68.0 Å². The van der Waals surface area contributed by atoms with Crippen LogP contribution in [0.1, 0.15) is 6.92 Å². The standard InChI is InChI=1S/C16H13N5O2S3/c1-2-24-16-21-20-15(26-16)19-11(22)7-25-14-13-12(17-8-18-14)9-5-3-4-6-10(9)23-13/h3-6,8H,2,7H2,1H3,(H,19,20,22). The van der Waals surface area contributed by atoms with Crippen molar-refractivity contribution in [3.63, 3.8) is 0 Å². The van der Waals surface area contributed by atoms with Gasteiger partial charge in [-0.2, -0.15) is 0 Å². The smallest absolute Gasteiger partial charge is 0.236 e. The number of carbonyl (C=O) groups is 1. The molecule has 0 fully saturated rings. The molecule has 0 spiro atoms. The molecule has 0 aliphatic heterocycles. The van der Waals surface area contributed by atoms with Gasteiger partial charge in [-0.3, -0.25) is 10.1 Å². The van der Waals surface area contributed by atoms with Gasteiger partial charge in [-0.25, -0.2) is 9.97 Å². The zero-order valence-corrected chi connectivity index (χ0v) is 16.1. The lowest BCUT2D eigenvalue weighted by Crippen LogP contribution is -2.13. The number of amides is 1. The number of furan rings is 1. The van der Waals surface area contributed by atoms with Gasteiger partial charge in [-0.15, -0.1) is 10.2 Å². The minimum atomic E-state index is -0.165. The first kappa shape index (κ1) is 17.3. The van der Waals surface area contributed by atoms with E-state index in [1.165, 1.54) is 29.4 Å². The van der Waals surface area contributed by atoms with Crippen LogP contribution in [0.25, 0.3) is 22.1 Å². The van der Waals surface area contributed by atoms with Crippen LogP contribution in [-0.2, 0) is 4.79 Å². The van der Waals surface area contributed by atoms with Crippen LogP contribution in [0.5, 0.6) is 0 Å². The second-order valence-corrected chi connectivity index (χ2v) is 8.55. The second-order valence-electron chi connectivity index (χ2n) is 5.10. The number of anilines is 1. The number of para-hydroxylation sites is 1. The Balaban J connectivity index is 1.48. The number of rotatable bonds is 6. The zero-order chi connectivity index (χ0) is 17.9. The van der Waals surface area contributed by atoms with E-state index >= 15 is 0 Å². The fraction of sp³-hybridized carbons (Fsp3) is 0.188. The van der Waals surface area contributed by atoms with Crippen LogP contribution in [0, 0.1) is 0 Å². The highest BCUT2D eigenvalue weighted by Crippen LogP contribution is 2.32. The lowest BCUT2D eigenvalue weighted by molar-refractivity contribution is -0.113. The van der Waals surface area contributed by atoms with Crippen molar-refractivity contribution < 1.29 is 9.21 Å². The van der Waals surface area contributed by atoms with Gasteiger partial charge in [0, 0.05) is 5.39 Å². The Morgan fingerprint density at radius 2 is 2.12 bits per heavy atom. The van der Waals surface area contributed by atoms with Crippen LogP contribution in [-0.4, -0.2) is 37.6 Å². The molecule has 3 heterocycles. The zero-order valence-electron chi connectivity index (χ0n) is 13.6. The first-order valence-electron chi connectivity index (χ1n) is 7.76. The summed E-state index contributed by atoms with van der Waals surface area (Å²) in [6.45, 7) is 2.04. The van der Waals surface area contributed by atoms with Crippen molar-refractivity contribution in [1.82, 2.24) is 20.2 Å². The summed E-state index contributed by atoms with van der Waals surface area (Å²) in [6, 6.07) is 7.69. The molecule has 0 aliphatic carbocycles. The van der Waals surface area contributed by atoms with E-state index in [0.717, 1.165) is 26.6 Å². The normalized spacial score (nSPS) is 11.3. The van der Waals surface area contributed by atoms with Crippen LogP contribution in [0.4, 0.5) is 5.13 Å². The number of nitrogens with zero attached hydrogens (tertiary/aromatic N) is 4. The molecule has 7 nitrogen and oxygen atoms in total. The minimum absolute atomic E-state index is 0.165. The molecular weight excluding hydrogens is 390 g/mol. The Bertz CT molecular complexity index is 1080. The molecule has 10 heteroatoms. The Hall–Kier alpha value is -2.17. The Morgan fingerprint density at radius 1 is 1.23 bits per heavy atom. The summed E-state index contributed by atoms with van der Waals surface area (Å²) in [5.74, 6) is 0.945. The fourth-order valence-corrected chi connectivity index (χ4v) is 4.73. The van der Waals surface area contributed by atoms with E-state index in [9.17, 15) is 4.79 Å². The van der Waals surface area contributed by atoms with Crippen LogP contribution in [0.15, 0.2) is 44.4 Å². The average molecular weight is 404 g/mol. The molecule has 0 saturated heterocycles. The number of hydrogen-bond donors (Lipinski definition) is 1. The van der Waals surface area contributed by atoms with Crippen LogP contribution in [0.2, 0.25) is 0 Å². The van der Waals surface area contributed by atoms with E-state index in [2.05, 4.69) is 25.5 Å². The summed E-state index contributed by atoms with van der Waals surface area (Å²) in [5.41, 5.74) is 2.11. The predicted octanol–water partition coefficient (Wildman–Crippen LogP) is 4.07. The third-order valence-corrected chi connectivity index (χ3v) is 6.21. The molecule has 1 amide bonds. The van der Waals surface area contributed by atoms with Crippen molar-refractivity contribution in [1.29, 1.82) is 0 Å². The van der Waals surface area contributed by atoms with Crippen molar-refractivity contribution in [2.45, 2.75) is 16.3 Å². The van der Waals surface area contributed by atoms with Gasteiger partial charge in [-0.1, -0.05) is 53.9 Å². The first-order chi connectivity index (χ1) is 12.7. The Kier molecular flexibility index (Phi) is 5.05. The van der Waals surface area contributed by atoms with Gasteiger partial charge in [0.05, 0.1) is 5.75 Å². The number of hydrogen-bond acceptors (Lipinski definition) is 9. The van der Waals surface area contributed by atoms with Gasteiger partial charge >= 0.3 is 0 Å². The number of fused-ring (bicyclic) bond motifs is 3. The van der Waals surface area contributed by atoms with E-state index < -0.39 is 0 Å². The van der Waals surface area contributed by atoms with Crippen molar-refractivity contribution in [2.24, 2.45) is 0 Å². The molecule has 0 saturated carbocycles. The summed E-state index contributed by atoms with van der Waals surface area (Å²) in [6.07, 6.45) is 1.49. The summed E-state index contributed by atoms with van der Waals surface area (Å²) in [4.78, 5) is 20.8. The molecule has 1 N–H and O–H groups in total. The van der Waals surface area contributed by atoms with E-state index in [-0.39, 0.29) is 11.7 Å². The summed E-state index contributed by atoms with van der Waals surface area (Å²) < 4.78 is 6.71. The third-order valence-electron chi connectivity index (χ3n) is 3.39. The van der Waals surface area contributed by atoms with Crippen molar-refractivity contribution in [2.75, 3.05) is 16.8 Å². The average Bonchev–Trinajstić information content (AvgIpc) is 3.24. The SMILES string of the molecule is CCSc1nnc(NC(=O)CSc2ncnc3c2oc2ccccc23)s1. The fourth-order valence-electron chi connectivity index (χ4n) is 2.34. The van der Waals surface area contributed by atoms with Crippen LogP contribution < -0.4 is 5.32 Å². The van der Waals surface area contributed by atoms with Gasteiger partial charge < -0.3 is 4.42 Å². The second kappa shape index (κ2) is 7.60. The minimum Gasteiger partial charge on any atom is -0.451 e.